The molecule has 25 heavy (non-hydrogen) atoms. The maximum absolute atomic E-state index is 13.0. The lowest BCUT2D eigenvalue weighted by molar-refractivity contribution is -0.132. The molecule has 1 N–H and O–H groups in total. The van der Waals surface area contributed by atoms with E-state index in [1.807, 2.05) is 18.2 Å². The maximum Gasteiger partial charge on any atom is 0.272 e. The standard InChI is InChI=1S/C20H25N3O2/c24-19(23-12-6-11-18(23)14-7-2-1-3-8-14)13-17-15-9-4-5-10-16(15)20(25)22-21-17/h4-5,9-10,14,18H,1-3,6-8,11-13H2,(H,22,25). The lowest BCUT2D eigenvalue weighted by atomic mass is 9.83. The number of fused-ring (bicyclic) bond motifs is 1. The molecule has 1 saturated heterocycles. The molecule has 2 aromatic rings. The van der Waals surface area contributed by atoms with Gasteiger partial charge in [-0.05, 0) is 37.7 Å². The van der Waals surface area contributed by atoms with Crippen LogP contribution in [0.15, 0.2) is 29.1 Å². The number of aromatic amines is 1. The molecular weight excluding hydrogens is 314 g/mol. The van der Waals surface area contributed by atoms with Crippen LogP contribution in [-0.2, 0) is 11.2 Å². The summed E-state index contributed by atoms with van der Waals surface area (Å²) in [6, 6.07) is 7.79. The fraction of sp³-hybridized carbons (Fsp3) is 0.550. The van der Waals surface area contributed by atoms with Crippen LogP contribution < -0.4 is 5.56 Å². The normalized spacial score (nSPS) is 21.8. The highest BCUT2D eigenvalue weighted by Crippen LogP contribution is 2.34. The van der Waals surface area contributed by atoms with E-state index in [4.69, 9.17) is 0 Å². The molecule has 0 bridgehead atoms. The van der Waals surface area contributed by atoms with E-state index < -0.39 is 0 Å². The van der Waals surface area contributed by atoms with Crippen LogP contribution in [0.5, 0.6) is 0 Å². The van der Waals surface area contributed by atoms with E-state index in [1.54, 1.807) is 6.07 Å². The molecule has 132 valence electrons. The van der Waals surface area contributed by atoms with Crippen LogP contribution in [-0.4, -0.2) is 33.6 Å². The first-order valence-electron chi connectivity index (χ1n) is 9.50. The Kier molecular flexibility index (Phi) is 4.55. The van der Waals surface area contributed by atoms with Gasteiger partial charge in [0, 0.05) is 18.0 Å². The average molecular weight is 339 g/mol. The molecule has 5 nitrogen and oxygen atoms in total. The largest absolute Gasteiger partial charge is 0.339 e. The molecule has 1 unspecified atom stereocenters. The third-order valence-electron chi connectivity index (χ3n) is 5.91. The predicted molar refractivity (Wildman–Crippen MR) is 97.4 cm³/mol. The number of aromatic nitrogens is 2. The topological polar surface area (TPSA) is 66.1 Å². The zero-order valence-electron chi connectivity index (χ0n) is 14.5. The number of carbonyl (C=O) groups is 1. The average Bonchev–Trinajstić information content (AvgIpc) is 3.15. The number of nitrogens with zero attached hydrogens (tertiary/aromatic N) is 2. The summed E-state index contributed by atoms with van der Waals surface area (Å²) in [5.74, 6) is 0.818. The zero-order chi connectivity index (χ0) is 17.2. The summed E-state index contributed by atoms with van der Waals surface area (Å²) < 4.78 is 0. The fourth-order valence-corrected chi connectivity index (χ4v) is 4.66. The summed E-state index contributed by atoms with van der Waals surface area (Å²) in [6.07, 6.45) is 8.96. The molecular formula is C20H25N3O2. The van der Waals surface area contributed by atoms with E-state index >= 15 is 0 Å². The molecule has 0 radical (unpaired) electrons. The fourth-order valence-electron chi connectivity index (χ4n) is 4.66. The number of nitrogens with one attached hydrogen (secondary N) is 1. The van der Waals surface area contributed by atoms with E-state index in [9.17, 15) is 9.59 Å². The van der Waals surface area contributed by atoms with Gasteiger partial charge in [-0.1, -0.05) is 37.5 Å². The van der Waals surface area contributed by atoms with E-state index in [1.165, 1.54) is 32.1 Å². The minimum Gasteiger partial charge on any atom is -0.339 e. The second-order valence-electron chi connectivity index (χ2n) is 7.42. The Balaban J connectivity index is 1.55. The molecule has 5 heteroatoms. The van der Waals surface area contributed by atoms with Gasteiger partial charge in [-0.2, -0.15) is 5.10 Å². The molecule has 1 saturated carbocycles. The molecule has 4 rings (SSSR count). The Morgan fingerprint density at radius 2 is 1.84 bits per heavy atom. The van der Waals surface area contributed by atoms with Crippen LogP contribution in [0.1, 0.15) is 50.6 Å². The van der Waals surface area contributed by atoms with Gasteiger partial charge in [-0.15, -0.1) is 0 Å². The van der Waals surface area contributed by atoms with E-state index in [0.717, 1.165) is 24.8 Å². The minimum absolute atomic E-state index is 0.151. The van der Waals surface area contributed by atoms with Gasteiger partial charge >= 0.3 is 0 Å². The number of H-pyrrole nitrogens is 1. The maximum atomic E-state index is 13.0. The van der Waals surface area contributed by atoms with Crippen molar-refractivity contribution in [3.63, 3.8) is 0 Å². The van der Waals surface area contributed by atoms with Gasteiger partial charge in [-0.25, -0.2) is 5.10 Å². The van der Waals surface area contributed by atoms with Crippen molar-refractivity contribution in [1.29, 1.82) is 0 Å². The van der Waals surface area contributed by atoms with Gasteiger partial charge in [0.25, 0.3) is 5.56 Å². The summed E-state index contributed by atoms with van der Waals surface area (Å²) in [5.41, 5.74) is 0.475. The SMILES string of the molecule is O=C(Cc1n[nH]c(=O)c2ccccc12)N1CCCC1C1CCCCC1. The van der Waals surface area contributed by atoms with E-state index in [0.29, 0.717) is 23.0 Å². The molecule has 1 aromatic heterocycles. The first kappa shape index (κ1) is 16.3. The highest BCUT2D eigenvalue weighted by molar-refractivity contribution is 5.88. The van der Waals surface area contributed by atoms with Crippen molar-refractivity contribution in [1.82, 2.24) is 15.1 Å². The van der Waals surface area contributed by atoms with Crippen molar-refractivity contribution in [2.75, 3.05) is 6.54 Å². The molecule has 1 aliphatic carbocycles. The highest BCUT2D eigenvalue weighted by atomic mass is 16.2. The molecule has 1 aliphatic heterocycles. The summed E-state index contributed by atoms with van der Waals surface area (Å²) in [6.45, 7) is 0.862. The second-order valence-corrected chi connectivity index (χ2v) is 7.42. The van der Waals surface area contributed by atoms with Gasteiger partial charge in [0.1, 0.15) is 0 Å². The molecule has 1 amide bonds. The number of hydrogen-bond donors (Lipinski definition) is 1. The quantitative estimate of drug-likeness (QED) is 0.935. The molecule has 1 aromatic carbocycles. The first-order chi connectivity index (χ1) is 12.2. The Morgan fingerprint density at radius 3 is 2.64 bits per heavy atom. The van der Waals surface area contributed by atoms with Crippen LogP contribution >= 0.6 is 0 Å². The smallest absolute Gasteiger partial charge is 0.272 e. The van der Waals surface area contributed by atoms with Crippen LogP contribution in [0.25, 0.3) is 10.8 Å². The van der Waals surface area contributed by atoms with Crippen molar-refractivity contribution in [3.8, 4) is 0 Å². The van der Waals surface area contributed by atoms with Crippen LogP contribution in [0.4, 0.5) is 0 Å². The molecule has 1 atom stereocenters. The lowest BCUT2D eigenvalue weighted by Crippen LogP contribution is -2.41. The van der Waals surface area contributed by atoms with Gasteiger partial charge in [0.2, 0.25) is 5.91 Å². The third kappa shape index (κ3) is 3.20. The van der Waals surface area contributed by atoms with Gasteiger partial charge in [0.15, 0.2) is 0 Å². The summed E-state index contributed by atoms with van der Waals surface area (Å²) in [4.78, 5) is 27.0. The predicted octanol–water partition coefficient (Wildman–Crippen LogP) is 3.04. The molecule has 2 heterocycles. The Labute approximate surface area is 147 Å². The number of benzene rings is 1. The monoisotopic (exact) mass is 339 g/mol. The zero-order valence-corrected chi connectivity index (χ0v) is 14.5. The van der Waals surface area contributed by atoms with Gasteiger partial charge in [0.05, 0.1) is 17.5 Å². The van der Waals surface area contributed by atoms with Crippen LogP contribution in [0.3, 0.4) is 0 Å². The van der Waals surface area contributed by atoms with Crippen molar-refractivity contribution >= 4 is 16.7 Å². The number of rotatable bonds is 3. The van der Waals surface area contributed by atoms with Crippen molar-refractivity contribution < 1.29 is 4.79 Å². The van der Waals surface area contributed by atoms with Crippen LogP contribution in [0.2, 0.25) is 0 Å². The molecule has 2 aliphatic rings. The Hall–Kier alpha value is -2.17. The van der Waals surface area contributed by atoms with E-state index in [-0.39, 0.29) is 17.9 Å². The number of carbonyl (C=O) groups excluding carboxylic acids is 1. The molecule has 0 spiro atoms. The summed E-state index contributed by atoms with van der Waals surface area (Å²) >= 11 is 0. The van der Waals surface area contributed by atoms with Crippen molar-refractivity contribution in [3.05, 3.63) is 40.3 Å². The number of likely N-dealkylation sites (tertiary alicyclic amines) is 1. The summed E-state index contributed by atoms with van der Waals surface area (Å²) in [5, 5.41) is 8.10. The van der Waals surface area contributed by atoms with E-state index in [2.05, 4.69) is 15.1 Å². The Bertz CT molecular complexity index is 823. The van der Waals surface area contributed by atoms with Gasteiger partial charge < -0.3 is 4.90 Å². The second kappa shape index (κ2) is 6.98. The molecule has 2 fully saturated rings. The van der Waals surface area contributed by atoms with Crippen LogP contribution in [0, 0.1) is 5.92 Å². The third-order valence-corrected chi connectivity index (χ3v) is 5.91. The van der Waals surface area contributed by atoms with Crippen molar-refractivity contribution in [2.45, 2.75) is 57.4 Å². The number of amides is 1. The number of hydrogen-bond acceptors (Lipinski definition) is 3. The van der Waals surface area contributed by atoms with Gasteiger partial charge in [-0.3, -0.25) is 9.59 Å². The van der Waals surface area contributed by atoms with Crippen molar-refractivity contribution in [2.24, 2.45) is 5.92 Å². The lowest BCUT2D eigenvalue weighted by Gasteiger charge is -2.34. The Morgan fingerprint density at radius 1 is 1.08 bits per heavy atom. The highest BCUT2D eigenvalue weighted by Gasteiger charge is 2.35. The first-order valence-corrected chi connectivity index (χ1v) is 9.50. The summed E-state index contributed by atoms with van der Waals surface area (Å²) in [7, 11) is 0. The minimum atomic E-state index is -0.201.